The Morgan fingerprint density at radius 2 is 1.42 bits per heavy atom. The van der Waals surface area contributed by atoms with Crippen LogP contribution in [0.2, 0.25) is 0 Å². The Kier molecular flexibility index (Phi) is 16.0. The zero-order valence-corrected chi connectivity index (χ0v) is 17.0. The second-order valence-electron chi connectivity index (χ2n) is 5.71. The van der Waals surface area contributed by atoms with Crippen molar-refractivity contribution in [2.75, 3.05) is 39.5 Å². The van der Waals surface area contributed by atoms with Gasteiger partial charge in [-0.15, -0.1) is 0 Å². The summed E-state index contributed by atoms with van der Waals surface area (Å²) in [6.07, 6.45) is 6.69. The van der Waals surface area contributed by atoms with Crippen LogP contribution in [0.5, 0.6) is 11.5 Å². The summed E-state index contributed by atoms with van der Waals surface area (Å²) in [5.74, 6) is 0.392. The molecule has 0 unspecified atom stereocenters. The van der Waals surface area contributed by atoms with E-state index >= 15 is 0 Å². The predicted molar refractivity (Wildman–Crippen MR) is 89.7 cm³/mol. The average molecular weight is 347 g/mol. The fourth-order valence-electron chi connectivity index (χ4n) is 2.51. The molecule has 0 radical (unpaired) electrons. The Morgan fingerprint density at radius 3 is 2.04 bits per heavy atom. The minimum absolute atomic E-state index is 0. The van der Waals surface area contributed by atoms with Crippen LogP contribution in [-0.4, -0.2) is 54.6 Å². The SMILES string of the molecule is [Na+].[O-]c1ccccc1OCCCCCCCCN(CCO)CCO. The van der Waals surface area contributed by atoms with E-state index in [-0.39, 0.29) is 48.5 Å². The molecule has 1 aromatic carbocycles. The van der Waals surface area contributed by atoms with E-state index in [4.69, 9.17) is 14.9 Å². The van der Waals surface area contributed by atoms with Gasteiger partial charge in [0.1, 0.15) is 5.75 Å². The van der Waals surface area contributed by atoms with Crippen molar-refractivity contribution < 1.29 is 49.6 Å². The molecule has 0 amide bonds. The van der Waals surface area contributed by atoms with Crippen molar-refractivity contribution in [1.29, 1.82) is 0 Å². The number of para-hydroxylation sites is 2. The van der Waals surface area contributed by atoms with Crippen LogP contribution in [-0.2, 0) is 0 Å². The van der Waals surface area contributed by atoms with Crippen LogP contribution in [0.1, 0.15) is 38.5 Å². The minimum Gasteiger partial charge on any atom is -0.870 e. The molecule has 6 heteroatoms. The largest absolute Gasteiger partial charge is 1.00 e. The molecule has 0 fully saturated rings. The van der Waals surface area contributed by atoms with Crippen molar-refractivity contribution in [2.24, 2.45) is 0 Å². The number of unbranched alkanes of at least 4 members (excludes halogenated alkanes) is 5. The number of hydrogen-bond donors (Lipinski definition) is 2. The summed E-state index contributed by atoms with van der Waals surface area (Å²) in [5.41, 5.74) is 0. The van der Waals surface area contributed by atoms with E-state index in [2.05, 4.69) is 4.90 Å². The van der Waals surface area contributed by atoms with Crippen molar-refractivity contribution >= 4 is 0 Å². The maximum atomic E-state index is 11.4. The quantitative estimate of drug-likeness (QED) is 0.326. The molecule has 1 rings (SSSR count). The average Bonchev–Trinajstić information content (AvgIpc) is 2.55. The van der Waals surface area contributed by atoms with Gasteiger partial charge in [0.15, 0.2) is 0 Å². The molecule has 24 heavy (non-hydrogen) atoms. The topological polar surface area (TPSA) is 76.0 Å². The van der Waals surface area contributed by atoms with Gasteiger partial charge in [0.05, 0.1) is 19.8 Å². The number of rotatable bonds is 14. The third kappa shape index (κ3) is 11.3. The molecule has 0 heterocycles. The van der Waals surface area contributed by atoms with Gasteiger partial charge in [-0.1, -0.05) is 49.6 Å². The van der Waals surface area contributed by atoms with E-state index in [0.717, 1.165) is 32.2 Å². The molecule has 0 aromatic heterocycles. The normalized spacial score (nSPS) is 10.6. The predicted octanol–water partition coefficient (Wildman–Crippen LogP) is -1.23. The van der Waals surface area contributed by atoms with Crippen LogP contribution in [0, 0.1) is 0 Å². The third-order valence-electron chi connectivity index (χ3n) is 3.81. The number of hydrogen-bond acceptors (Lipinski definition) is 5. The molecule has 2 N–H and O–H groups in total. The van der Waals surface area contributed by atoms with Gasteiger partial charge in [0, 0.05) is 13.1 Å². The van der Waals surface area contributed by atoms with E-state index < -0.39 is 0 Å². The summed E-state index contributed by atoms with van der Waals surface area (Å²) in [4.78, 5) is 2.09. The van der Waals surface area contributed by atoms with E-state index in [9.17, 15) is 5.11 Å². The first kappa shape index (κ1) is 23.7. The summed E-state index contributed by atoms with van der Waals surface area (Å²) in [7, 11) is 0. The smallest absolute Gasteiger partial charge is 0.870 e. The summed E-state index contributed by atoms with van der Waals surface area (Å²) < 4.78 is 5.48. The van der Waals surface area contributed by atoms with E-state index in [1.165, 1.54) is 18.9 Å². The summed E-state index contributed by atoms with van der Waals surface area (Å²) >= 11 is 0. The number of ether oxygens (including phenoxy) is 1. The van der Waals surface area contributed by atoms with E-state index in [1.807, 2.05) is 6.07 Å². The molecule has 0 aliphatic heterocycles. The van der Waals surface area contributed by atoms with Gasteiger partial charge < -0.3 is 20.1 Å². The first-order valence-electron chi connectivity index (χ1n) is 8.61. The number of aliphatic hydroxyl groups excluding tert-OH is 2. The standard InChI is InChI=1S/C18H31NO4.Na/c20-14-12-19(13-15-21)11-7-3-1-2-4-8-16-23-18-10-6-5-9-17(18)22;/h5-6,9-10,20-22H,1-4,7-8,11-16H2;/q;+1/p-1. The molecular weight excluding hydrogens is 317 g/mol. The Balaban J connectivity index is 0.00000529. The molecule has 0 aliphatic rings. The van der Waals surface area contributed by atoms with Crippen LogP contribution < -0.4 is 39.4 Å². The Labute approximate surface area is 167 Å². The van der Waals surface area contributed by atoms with Gasteiger partial charge in [-0.05, 0) is 25.5 Å². The maximum Gasteiger partial charge on any atom is 1.00 e. The van der Waals surface area contributed by atoms with Crippen LogP contribution in [0.25, 0.3) is 0 Å². The second kappa shape index (κ2) is 16.2. The zero-order valence-electron chi connectivity index (χ0n) is 15.0. The Morgan fingerprint density at radius 1 is 0.833 bits per heavy atom. The third-order valence-corrected chi connectivity index (χ3v) is 3.81. The molecule has 0 saturated carbocycles. The molecule has 0 bridgehead atoms. The fourth-order valence-corrected chi connectivity index (χ4v) is 2.51. The molecule has 1 aromatic rings. The summed E-state index contributed by atoms with van der Waals surface area (Å²) in [6, 6.07) is 6.77. The van der Waals surface area contributed by atoms with Gasteiger partial charge in [0.25, 0.3) is 0 Å². The van der Waals surface area contributed by atoms with Gasteiger partial charge in [0.2, 0.25) is 0 Å². The van der Waals surface area contributed by atoms with Gasteiger partial charge in [-0.2, -0.15) is 0 Å². The monoisotopic (exact) mass is 347 g/mol. The van der Waals surface area contributed by atoms with Crippen molar-refractivity contribution in [2.45, 2.75) is 38.5 Å². The van der Waals surface area contributed by atoms with Crippen molar-refractivity contribution in [3.05, 3.63) is 24.3 Å². The van der Waals surface area contributed by atoms with Crippen LogP contribution in [0.3, 0.4) is 0 Å². The summed E-state index contributed by atoms with van der Waals surface area (Å²) in [5, 5.41) is 29.3. The van der Waals surface area contributed by atoms with Gasteiger partial charge >= 0.3 is 29.6 Å². The molecule has 132 valence electrons. The van der Waals surface area contributed by atoms with E-state index in [1.54, 1.807) is 12.1 Å². The van der Waals surface area contributed by atoms with Crippen LogP contribution >= 0.6 is 0 Å². The first-order valence-corrected chi connectivity index (χ1v) is 8.61. The zero-order chi connectivity index (χ0) is 16.8. The van der Waals surface area contributed by atoms with Gasteiger partial charge in [-0.3, -0.25) is 4.90 Å². The van der Waals surface area contributed by atoms with Crippen molar-refractivity contribution in [3.8, 4) is 11.5 Å². The maximum absolute atomic E-state index is 11.4. The fraction of sp³-hybridized carbons (Fsp3) is 0.667. The Bertz CT molecular complexity index is 400. The molecule has 0 saturated heterocycles. The molecule has 0 spiro atoms. The van der Waals surface area contributed by atoms with Crippen molar-refractivity contribution in [3.63, 3.8) is 0 Å². The summed E-state index contributed by atoms with van der Waals surface area (Å²) in [6.45, 7) is 3.10. The Hall–Kier alpha value is -0.300. The molecule has 0 aliphatic carbocycles. The van der Waals surface area contributed by atoms with Crippen molar-refractivity contribution in [1.82, 2.24) is 4.90 Å². The second-order valence-corrected chi connectivity index (χ2v) is 5.71. The van der Waals surface area contributed by atoms with Crippen LogP contribution in [0.15, 0.2) is 24.3 Å². The molecule has 5 nitrogen and oxygen atoms in total. The van der Waals surface area contributed by atoms with Crippen LogP contribution in [0.4, 0.5) is 0 Å². The molecule has 0 atom stereocenters. The molecular formula is C18H30NNaO4. The number of benzene rings is 1. The van der Waals surface area contributed by atoms with Gasteiger partial charge in [-0.25, -0.2) is 0 Å². The number of aliphatic hydroxyl groups is 2. The van der Waals surface area contributed by atoms with E-state index in [0.29, 0.717) is 25.4 Å². The first-order chi connectivity index (χ1) is 11.3. The minimum atomic E-state index is -0.0530. The number of nitrogens with zero attached hydrogens (tertiary/aromatic N) is 1.